The molecule has 0 aliphatic carbocycles. The van der Waals surface area contributed by atoms with Crippen molar-refractivity contribution in [1.82, 2.24) is 5.32 Å². The molecule has 1 fully saturated rings. The zero-order valence-corrected chi connectivity index (χ0v) is 44.6. The van der Waals surface area contributed by atoms with Crippen LogP contribution in [0.5, 0.6) is 0 Å². The summed E-state index contributed by atoms with van der Waals surface area (Å²) >= 11 is 0. The Hall–Kier alpha value is -2.11. The Balaban J connectivity index is 2.13. The number of aliphatic hydroxyl groups is 5. The second-order valence-electron chi connectivity index (χ2n) is 20.1. The van der Waals surface area contributed by atoms with E-state index in [-0.39, 0.29) is 12.5 Å². The van der Waals surface area contributed by atoms with Crippen molar-refractivity contribution in [3.05, 3.63) is 60.8 Å². The minimum Gasteiger partial charge on any atom is -0.394 e. The third kappa shape index (κ3) is 39.1. The fourth-order valence-electron chi connectivity index (χ4n) is 8.95. The molecule has 1 saturated heterocycles. The molecule has 7 atom stereocenters. The molecular weight excluding hydrogens is 863 g/mol. The van der Waals surface area contributed by atoms with Gasteiger partial charge in [-0.15, -0.1) is 0 Å². The lowest BCUT2D eigenvalue weighted by molar-refractivity contribution is -0.302. The van der Waals surface area contributed by atoms with E-state index in [4.69, 9.17) is 9.47 Å². The van der Waals surface area contributed by atoms with Crippen LogP contribution >= 0.6 is 0 Å². The van der Waals surface area contributed by atoms with Crippen molar-refractivity contribution < 1.29 is 39.8 Å². The van der Waals surface area contributed by atoms with Gasteiger partial charge in [-0.25, -0.2) is 0 Å². The molecule has 0 radical (unpaired) electrons. The molecule has 9 heteroatoms. The van der Waals surface area contributed by atoms with Gasteiger partial charge in [0.15, 0.2) is 6.29 Å². The van der Waals surface area contributed by atoms with Gasteiger partial charge in [0.1, 0.15) is 24.4 Å². The van der Waals surface area contributed by atoms with Crippen LogP contribution in [-0.4, -0.2) is 87.5 Å². The highest BCUT2D eigenvalue weighted by Gasteiger charge is 2.44. The molecule has 0 aromatic rings. The second kappa shape index (κ2) is 49.5. The Bertz CT molecular complexity index is 1270. The van der Waals surface area contributed by atoms with E-state index >= 15 is 0 Å². The van der Waals surface area contributed by atoms with Crippen molar-refractivity contribution in [2.75, 3.05) is 13.2 Å². The quantitative estimate of drug-likeness (QED) is 0.0261. The summed E-state index contributed by atoms with van der Waals surface area (Å²) in [5, 5.41) is 54.3. The van der Waals surface area contributed by atoms with Gasteiger partial charge in [0.2, 0.25) is 5.91 Å². The fraction of sp³-hybridized carbons (Fsp3) is 0.817. The summed E-state index contributed by atoms with van der Waals surface area (Å²) in [6.07, 6.45) is 60.2. The smallest absolute Gasteiger partial charge is 0.220 e. The zero-order valence-electron chi connectivity index (χ0n) is 44.6. The number of nitrogens with one attached hydrogen (secondary N) is 1. The van der Waals surface area contributed by atoms with E-state index in [9.17, 15) is 30.3 Å². The van der Waals surface area contributed by atoms with Gasteiger partial charge >= 0.3 is 0 Å². The lowest BCUT2D eigenvalue weighted by Crippen LogP contribution is -2.60. The highest BCUT2D eigenvalue weighted by atomic mass is 16.7. The summed E-state index contributed by atoms with van der Waals surface area (Å²) in [7, 11) is 0. The Labute approximate surface area is 424 Å². The minimum atomic E-state index is -1.57. The van der Waals surface area contributed by atoms with E-state index < -0.39 is 49.5 Å². The van der Waals surface area contributed by atoms with Crippen LogP contribution in [-0.2, 0) is 14.3 Å². The lowest BCUT2D eigenvalue weighted by Gasteiger charge is -2.40. The summed E-state index contributed by atoms with van der Waals surface area (Å²) in [5.41, 5.74) is 0. The first-order chi connectivity index (χ1) is 33.8. The standard InChI is InChI=1S/C60H109NO8/c1-3-5-7-9-11-13-15-17-18-19-20-21-22-23-24-25-26-27-28-29-30-31-32-33-34-35-36-38-40-42-44-46-48-50-56(64)61-53(52-68-60-59(67)58(66)57(65)55(51-62)69-60)54(63)49-47-45-43-41-39-37-16-14-12-10-8-6-4-2/h15,17,19-20,22-23,39,41,47,49,53-55,57-60,62-63,65-67H,3-14,16,18,21,24-38,40,42-46,48,50-52H2,1-2H3,(H,61,64)/b17-15-,20-19-,23-22-,41-39+,49-47+. The summed E-state index contributed by atoms with van der Waals surface area (Å²) in [6, 6.07) is -0.821. The predicted octanol–water partition coefficient (Wildman–Crippen LogP) is 14.3. The van der Waals surface area contributed by atoms with E-state index in [1.54, 1.807) is 6.08 Å². The number of carbonyl (C=O) groups is 1. The van der Waals surface area contributed by atoms with Crippen LogP contribution in [0.1, 0.15) is 258 Å². The van der Waals surface area contributed by atoms with Crippen LogP contribution in [0.3, 0.4) is 0 Å². The average Bonchev–Trinajstić information content (AvgIpc) is 3.35. The number of carbonyl (C=O) groups excluding carboxylic acids is 1. The van der Waals surface area contributed by atoms with Crippen molar-refractivity contribution in [2.45, 2.75) is 301 Å². The monoisotopic (exact) mass is 972 g/mol. The summed E-state index contributed by atoms with van der Waals surface area (Å²) in [5.74, 6) is -0.186. The van der Waals surface area contributed by atoms with Crippen LogP contribution in [0, 0.1) is 0 Å². The third-order valence-corrected chi connectivity index (χ3v) is 13.6. The number of amides is 1. The molecule has 0 aromatic carbocycles. The molecule has 69 heavy (non-hydrogen) atoms. The van der Waals surface area contributed by atoms with Gasteiger partial charge in [-0.05, 0) is 70.6 Å². The Morgan fingerprint density at radius 3 is 1.32 bits per heavy atom. The lowest BCUT2D eigenvalue weighted by atomic mass is 9.99. The van der Waals surface area contributed by atoms with Crippen LogP contribution in [0.4, 0.5) is 0 Å². The maximum Gasteiger partial charge on any atom is 0.220 e. The molecule has 0 bridgehead atoms. The Kier molecular flexibility index (Phi) is 46.5. The molecule has 402 valence electrons. The van der Waals surface area contributed by atoms with Crippen molar-refractivity contribution in [1.29, 1.82) is 0 Å². The highest BCUT2D eigenvalue weighted by Crippen LogP contribution is 2.23. The summed E-state index contributed by atoms with van der Waals surface area (Å²) in [6.45, 7) is 3.74. The number of unbranched alkanes of at least 4 members (excludes halogenated alkanes) is 31. The molecule has 1 rings (SSSR count). The van der Waals surface area contributed by atoms with E-state index in [2.05, 4.69) is 67.8 Å². The number of hydrogen-bond donors (Lipinski definition) is 6. The number of aliphatic hydroxyl groups excluding tert-OH is 5. The van der Waals surface area contributed by atoms with Crippen molar-refractivity contribution in [3.8, 4) is 0 Å². The van der Waals surface area contributed by atoms with Crippen molar-refractivity contribution in [3.63, 3.8) is 0 Å². The van der Waals surface area contributed by atoms with Gasteiger partial charge in [-0.2, -0.15) is 0 Å². The van der Waals surface area contributed by atoms with E-state index in [1.165, 1.54) is 186 Å². The van der Waals surface area contributed by atoms with Crippen LogP contribution < -0.4 is 5.32 Å². The zero-order chi connectivity index (χ0) is 50.1. The molecule has 1 aliphatic rings. The van der Waals surface area contributed by atoms with Gasteiger partial charge in [0, 0.05) is 6.42 Å². The molecular formula is C60H109NO8. The maximum atomic E-state index is 13.0. The molecule has 1 heterocycles. The maximum absolute atomic E-state index is 13.0. The summed E-state index contributed by atoms with van der Waals surface area (Å²) in [4.78, 5) is 13.0. The van der Waals surface area contributed by atoms with E-state index in [1.807, 2.05) is 6.08 Å². The molecule has 1 aliphatic heterocycles. The molecule has 7 unspecified atom stereocenters. The molecule has 0 saturated carbocycles. The largest absolute Gasteiger partial charge is 0.394 e. The van der Waals surface area contributed by atoms with Gasteiger partial charge < -0.3 is 40.3 Å². The first-order valence-corrected chi connectivity index (χ1v) is 29.0. The molecule has 9 nitrogen and oxygen atoms in total. The topological polar surface area (TPSA) is 149 Å². The van der Waals surface area contributed by atoms with Crippen LogP contribution in [0.2, 0.25) is 0 Å². The normalized spacial score (nSPS) is 19.9. The minimum absolute atomic E-state index is 0.186. The highest BCUT2D eigenvalue weighted by molar-refractivity contribution is 5.76. The predicted molar refractivity (Wildman–Crippen MR) is 290 cm³/mol. The van der Waals surface area contributed by atoms with Crippen molar-refractivity contribution in [2.24, 2.45) is 0 Å². The third-order valence-electron chi connectivity index (χ3n) is 13.6. The Morgan fingerprint density at radius 1 is 0.493 bits per heavy atom. The second-order valence-corrected chi connectivity index (χ2v) is 20.1. The van der Waals surface area contributed by atoms with Crippen LogP contribution in [0.15, 0.2) is 60.8 Å². The van der Waals surface area contributed by atoms with E-state index in [0.29, 0.717) is 6.42 Å². The van der Waals surface area contributed by atoms with Gasteiger partial charge in [0.25, 0.3) is 0 Å². The number of ether oxygens (including phenoxy) is 2. The van der Waals surface area contributed by atoms with E-state index in [0.717, 1.165) is 51.4 Å². The average molecular weight is 973 g/mol. The van der Waals surface area contributed by atoms with Crippen LogP contribution in [0.25, 0.3) is 0 Å². The first-order valence-electron chi connectivity index (χ1n) is 29.0. The first kappa shape index (κ1) is 64.9. The summed E-state index contributed by atoms with van der Waals surface area (Å²) < 4.78 is 11.2. The van der Waals surface area contributed by atoms with Gasteiger partial charge in [0.05, 0.1) is 25.4 Å². The SMILES string of the molecule is CCCCCCC/C=C\C/C=C\C/C=C\CCCCCCCCCCCCCCCCCCCCC(=O)NC(COC1OC(CO)C(O)C(O)C1O)C(O)/C=C/CC/C=C/CCCCCCCCC. The molecule has 1 amide bonds. The molecule has 0 aromatic heterocycles. The fourth-order valence-corrected chi connectivity index (χ4v) is 8.95. The Morgan fingerprint density at radius 2 is 0.870 bits per heavy atom. The number of allylic oxidation sites excluding steroid dienone is 9. The van der Waals surface area contributed by atoms with Gasteiger partial charge in [-0.1, -0.05) is 242 Å². The molecule has 0 spiro atoms. The van der Waals surface area contributed by atoms with Crippen molar-refractivity contribution >= 4 is 5.91 Å². The number of hydrogen-bond acceptors (Lipinski definition) is 8. The molecule has 6 N–H and O–H groups in total. The number of rotatable bonds is 49. The van der Waals surface area contributed by atoms with Gasteiger partial charge in [-0.3, -0.25) is 4.79 Å².